The minimum atomic E-state index is 0. The molecule has 3 nitrogen and oxygen atoms in total. The van der Waals surface area contributed by atoms with Crippen molar-refractivity contribution in [1.29, 1.82) is 0 Å². The van der Waals surface area contributed by atoms with Gasteiger partial charge in [-0.3, -0.25) is 0 Å². The van der Waals surface area contributed by atoms with E-state index in [1.54, 1.807) is 0 Å². The first-order chi connectivity index (χ1) is 35.5. The first-order valence-corrected chi connectivity index (χ1v) is 24.8. The minimum Gasteiger partial charge on any atom is -0.304 e. The Balaban J connectivity index is 0.00000611. The molecule has 3 aromatic heterocycles. The maximum Gasteiger partial charge on any atom is 3.00 e. The van der Waals surface area contributed by atoms with Crippen molar-refractivity contribution in [2.45, 2.75) is 39.5 Å². The number of aromatic nitrogens is 3. The zero-order chi connectivity index (χ0) is 48.6. The number of nitrogens with zero attached hydrogens (tertiary/aromatic N) is 3. The average Bonchev–Trinajstić information content (AvgIpc) is 3.45. The van der Waals surface area contributed by atoms with E-state index in [4.69, 9.17) is 15.0 Å². The van der Waals surface area contributed by atoms with Gasteiger partial charge in [-0.05, 0) is 135 Å². The van der Waals surface area contributed by atoms with Crippen molar-refractivity contribution in [3.05, 3.63) is 282 Å². The summed E-state index contributed by atoms with van der Waals surface area (Å²) in [6, 6.07) is 85.4. The molecular formula is C69H52IrN3. The maximum atomic E-state index is 5.20. The van der Waals surface area contributed by atoms with Gasteiger partial charge in [0.25, 0.3) is 0 Å². The summed E-state index contributed by atoms with van der Waals surface area (Å²) in [6.45, 7) is 4.40. The van der Waals surface area contributed by atoms with Crippen LogP contribution in [0.5, 0.6) is 0 Å². The Hall–Kier alpha value is -8.14. The number of hydrogen-bond acceptors (Lipinski definition) is 3. The molecule has 0 aliphatic heterocycles. The quantitative estimate of drug-likeness (QED) is 0.102. The molecule has 0 N–H and O–H groups in total. The van der Waals surface area contributed by atoms with Crippen LogP contribution in [0.15, 0.2) is 231 Å². The third-order valence-electron chi connectivity index (χ3n) is 13.7. The normalized spacial score (nSPS) is 11.0. The molecule has 0 aliphatic rings. The maximum absolute atomic E-state index is 5.20. The van der Waals surface area contributed by atoms with Crippen LogP contribution in [0.4, 0.5) is 0 Å². The SMILES string of the molecule is Cc1cc(-c2[c-]cccc2)ncc1CCc1cc(CCc2cnc(-c3[c-]cccc3)cc2C)cc(-c2ccccc2-c2cnc(-c3[c-]cccc3)cc2-c2ccc(-c3ccccc3)cc2-c2ccccc2)c1.[Ir+3]. The van der Waals surface area contributed by atoms with E-state index in [-0.39, 0.29) is 20.1 Å². The summed E-state index contributed by atoms with van der Waals surface area (Å²) in [5, 5.41) is 0. The zero-order valence-electron chi connectivity index (χ0n) is 40.9. The molecule has 73 heavy (non-hydrogen) atoms. The number of rotatable bonds is 14. The van der Waals surface area contributed by atoms with E-state index in [0.717, 1.165) is 98.4 Å². The van der Waals surface area contributed by atoms with Crippen LogP contribution in [0.25, 0.3) is 89.4 Å². The summed E-state index contributed by atoms with van der Waals surface area (Å²) in [5.74, 6) is 0. The van der Waals surface area contributed by atoms with Crippen LogP contribution in [0.2, 0.25) is 0 Å². The molecule has 0 aliphatic carbocycles. The largest absolute Gasteiger partial charge is 3.00 e. The monoisotopic (exact) mass is 1120 g/mol. The van der Waals surface area contributed by atoms with Gasteiger partial charge in [0.05, 0.1) is 0 Å². The molecule has 0 spiro atoms. The van der Waals surface area contributed by atoms with Gasteiger partial charge in [0.15, 0.2) is 0 Å². The Morgan fingerprint density at radius 3 is 1.30 bits per heavy atom. The number of hydrogen-bond donors (Lipinski definition) is 0. The summed E-state index contributed by atoms with van der Waals surface area (Å²) in [6.07, 6.45) is 9.67. The van der Waals surface area contributed by atoms with E-state index < -0.39 is 0 Å². The molecule has 4 heteroatoms. The van der Waals surface area contributed by atoms with E-state index in [2.05, 4.69) is 214 Å². The summed E-state index contributed by atoms with van der Waals surface area (Å²) in [7, 11) is 0. The molecule has 0 amide bonds. The van der Waals surface area contributed by atoms with Gasteiger partial charge in [0, 0.05) is 24.2 Å². The topological polar surface area (TPSA) is 38.7 Å². The van der Waals surface area contributed by atoms with Crippen LogP contribution in [0.1, 0.15) is 33.4 Å². The fraction of sp³-hybridized carbons (Fsp3) is 0.0870. The first kappa shape index (κ1) is 48.5. The van der Waals surface area contributed by atoms with Crippen molar-refractivity contribution in [3.63, 3.8) is 0 Å². The first-order valence-electron chi connectivity index (χ1n) is 24.8. The van der Waals surface area contributed by atoms with Crippen LogP contribution in [0.3, 0.4) is 0 Å². The second kappa shape index (κ2) is 22.5. The van der Waals surface area contributed by atoms with Gasteiger partial charge < -0.3 is 15.0 Å². The van der Waals surface area contributed by atoms with Crippen LogP contribution >= 0.6 is 0 Å². The Kier molecular flexibility index (Phi) is 15.0. The zero-order valence-corrected chi connectivity index (χ0v) is 43.3. The fourth-order valence-electron chi connectivity index (χ4n) is 9.87. The molecule has 0 bridgehead atoms. The van der Waals surface area contributed by atoms with E-state index in [1.807, 2.05) is 48.5 Å². The van der Waals surface area contributed by atoms with Crippen LogP contribution in [-0.2, 0) is 45.8 Å². The van der Waals surface area contributed by atoms with Gasteiger partial charge in [-0.15, -0.1) is 108 Å². The molecule has 0 saturated heterocycles. The molecule has 0 radical (unpaired) electrons. The summed E-state index contributed by atoms with van der Waals surface area (Å²) >= 11 is 0. The Labute approximate surface area is 443 Å². The number of pyridine rings is 3. The van der Waals surface area contributed by atoms with Crippen molar-refractivity contribution in [2.24, 2.45) is 0 Å². The molecule has 3 heterocycles. The van der Waals surface area contributed by atoms with Gasteiger partial charge in [-0.25, -0.2) is 0 Å². The summed E-state index contributed by atoms with van der Waals surface area (Å²) in [5.41, 5.74) is 24.7. The smallest absolute Gasteiger partial charge is 0.304 e. The van der Waals surface area contributed by atoms with E-state index in [0.29, 0.717) is 0 Å². The van der Waals surface area contributed by atoms with Crippen molar-refractivity contribution >= 4 is 0 Å². The average molecular weight is 1120 g/mol. The van der Waals surface area contributed by atoms with Crippen LogP contribution in [0, 0.1) is 32.0 Å². The van der Waals surface area contributed by atoms with Gasteiger partial charge >= 0.3 is 20.1 Å². The molecule has 8 aromatic carbocycles. The second-order valence-electron chi connectivity index (χ2n) is 18.5. The molecule has 0 unspecified atom stereocenters. The van der Waals surface area contributed by atoms with E-state index in [1.165, 1.54) is 50.1 Å². The fourth-order valence-corrected chi connectivity index (χ4v) is 9.87. The van der Waals surface area contributed by atoms with Crippen molar-refractivity contribution < 1.29 is 20.1 Å². The molecule has 0 fully saturated rings. The van der Waals surface area contributed by atoms with Gasteiger partial charge in [-0.1, -0.05) is 145 Å². The number of benzene rings is 8. The Morgan fingerprint density at radius 2 is 0.781 bits per heavy atom. The van der Waals surface area contributed by atoms with Gasteiger partial charge in [-0.2, -0.15) is 0 Å². The third-order valence-corrected chi connectivity index (χ3v) is 13.7. The van der Waals surface area contributed by atoms with Crippen molar-refractivity contribution in [3.8, 4) is 89.4 Å². The third kappa shape index (κ3) is 11.0. The predicted molar refractivity (Wildman–Crippen MR) is 297 cm³/mol. The van der Waals surface area contributed by atoms with E-state index in [9.17, 15) is 0 Å². The molecule has 0 saturated carbocycles. The second-order valence-corrected chi connectivity index (χ2v) is 18.5. The van der Waals surface area contributed by atoms with Crippen LogP contribution in [-0.4, -0.2) is 15.0 Å². The van der Waals surface area contributed by atoms with Crippen LogP contribution < -0.4 is 0 Å². The predicted octanol–water partition coefficient (Wildman–Crippen LogP) is 16.8. The van der Waals surface area contributed by atoms with Crippen molar-refractivity contribution in [2.75, 3.05) is 0 Å². The molecule has 11 rings (SSSR count). The standard InChI is InChI=1S/C69H52N3.Ir/c1-48-38-67(54-24-12-5-13-25-54)70-45-58(48)34-32-50-40-51(33-35-59-46-71-68(39-49(59)2)55-26-14-6-15-27-55)42-60(41-50)61-30-18-19-31-62(61)66-47-72-69(56-28-16-7-17-29-56)44-65(66)63-37-36-57(52-20-8-3-9-21-52)43-64(63)53-22-10-4-11-23-53;/h3-24,26,28,30-31,36-47H,32-35H2,1-2H3;/q-3;+3. The Bertz CT molecular complexity index is 3520. The molecule has 0 atom stereocenters. The summed E-state index contributed by atoms with van der Waals surface area (Å²) < 4.78 is 0. The minimum absolute atomic E-state index is 0. The number of aryl methyl sites for hydroxylation is 6. The summed E-state index contributed by atoms with van der Waals surface area (Å²) in [4.78, 5) is 15.0. The Morgan fingerprint density at radius 1 is 0.315 bits per heavy atom. The van der Waals surface area contributed by atoms with E-state index >= 15 is 0 Å². The van der Waals surface area contributed by atoms with Gasteiger partial charge in [0.1, 0.15) is 0 Å². The van der Waals surface area contributed by atoms with Gasteiger partial charge in [0.2, 0.25) is 0 Å². The molecular weight excluding hydrogens is 1060 g/mol. The molecule has 352 valence electrons. The van der Waals surface area contributed by atoms with Crippen molar-refractivity contribution in [1.82, 2.24) is 15.0 Å². The molecule has 11 aromatic rings.